The number of likely N-dealkylation sites (tertiary alicyclic amines) is 1. The van der Waals surface area contributed by atoms with Gasteiger partial charge in [-0.15, -0.1) is 0 Å². The number of halogens is 1. The number of primary amides is 1. The Morgan fingerprint density at radius 1 is 1.20 bits per heavy atom. The first-order valence-electron chi connectivity index (χ1n) is 9.74. The predicted octanol–water partition coefficient (Wildman–Crippen LogP) is 2.66. The lowest BCUT2D eigenvalue weighted by Crippen LogP contribution is -2.39. The molecule has 0 saturated carbocycles. The number of ketones is 1. The number of carbonyl (C=O) groups is 2. The van der Waals surface area contributed by atoms with Crippen LogP contribution in [0.5, 0.6) is 0 Å². The molecule has 2 heterocycles. The van der Waals surface area contributed by atoms with Gasteiger partial charge in [0.15, 0.2) is 5.78 Å². The summed E-state index contributed by atoms with van der Waals surface area (Å²) in [6.45, 7) is 2.25. The van der Waals surface area contributed by atoms with Crippen LogP contribution in [-0.2, 0) is 11.3 Å². The lowest BCUT2D eigenvalue weighted by Gasteiger charge is -2.21. The molecule has 6 nitrogen and oxygen atoms in total. The zero-order valence-electron chi connectivity index (χ0n) is 16.5. The molecule has 0 aliphatic carbocycles. The largest absolute Gasteiger partial charge is 0.392 e. The van der Waals surface area contributed by atoms with Crippen molar-refractivity contribution in [2.45, 2.75) is 32.0 Å². The fourth-order valence-corrected chi connectivity index (χ4v) is 4.01. The number of hydrogen-bond acceptors (Lipinski definition) is 5. The van der Waals surface area contributed by atoms with Gasteiger partial charge in [-0.25, -0.2) is 9.37 Å². The predicted molar refractivity (Wildman–Crippen MR) is 111 cm³/mol. The monoisotopic (exact) mass is 407 g/mol. The highest BCUT2D eigenvalue weighted by Gasteiger charge is 2.34. The van der Waals surface area contributed by atoms with Crippen molar-refractivity contribution < 1.29 is 19.1 Å². The summed E-state index contributed by atoms with van der Waals surface area (Å²) in [6.07, 6.45) is -0.264. The first kappa shape index (κ1) is 20.1. The minimum atomic E-state index is -0.588. The summed E-state index contributed by atoms with van der Waals surface area (Å²) in [5.74, 6) is -0.951. The third-order valence-electron chi connectivity index (χ3n) is 5.49. The van der Waals surface area contributed by atoms with Crippen LogP contribution in [0, 0.1) is 5.82 Å². The first-order valence-corrected chi connectivity index (χ1v) is 9.74. The average molecular weight is 407 g/mol. The third kappa shape index (κ3) is 3.94. The SMILES string of the molecule is CC(=O)c1cc(-c2ccc(F)cc2)c2ccc(CN3CC(O)CC3C(N)=O)cc2n1. The number of amides is 1. The third-order valence-corrected chi connectivity index (χ3v) is 5.49. The maximum atomic E-state index is 13.4. The zero-order valence-corrected chi connectivity index (χ0v) is 16.5. The standard InChI is InChI=1S/C23H22FN3O3/c1-13(28)20-10-19(15-3-5-16(24)6-4-15)18-7-2-14(8-21(18)26-20)11-27-12-17(29)9-22(27)23(25)30/h2-8,10,17,22,29H,9,11-12H2,1H3,(H2,25,30). The Labute approximate surface area is 173 Å². The number of fused-ring (bicyclic) bond motifs is 1. The molecule has 7 heteroatoms. The maximum absolute atomic E-state index is 13.4. The molecule has 0 radical (unpaired) electrons. The lowest BCUT2D eigenvalue weighted by atomic mass is 9.98. The first-order chi connectivity index (χ1) is 14.3. The van der Waals surface area contributed by atoms with E-state index in [-0.39, 0.29) is 11.6 Å². The molecule has 4 rings (SSSR count). The van der Waals surface area contributed by atoms with Crippen LogP contribution in [0.2, 0.25) is 0 Å². The van der Waals surface area contributed by atoms with E-state index in [2.05, 4.69) is 4.98 Å². The number of carbonyl (C=O) groups excluding carboxylic acids is 2. The number of hydrogen-bond donors (Lipinski definition) is 2. The number of Topliss-reactive ketones (excluding diaryl/α,β-unsaturated/α-hetero) is 1. The van der Waals surface area contributed by atoms with Gasteiger partial charge >= 0.3 is 0 Å². The molecule has 2 atom stereocenters. The number of aromatic nitrogens is 1. The number of pyridine rings is 1. The van der Waals surface area contributed by atoms with Crippen LogP contribution in [0.4, 0.5) is 4.39 Å². The normalized spacial score (nSPS) is 19.3. The van der Waals surface area contributed by atoms with E-state index in [0.717, 1.165) is 22.1 Å². The van der Waals surface area contributed by atoms with Gasteiger partial charge in [-0.2, -0.15) is 0 Å². The number of nitrogens with zero attached hydrogens (tertiary/aromatic N) is 2. The Balaban J connectivity index is 1.76. The van der Waals surface area contributed by atoms with Crippen molar-refractivity contribution in [3.8, 4) is 11.1 Å². The van der Waals surface area contributed by atoms with E-state index in [9.17, 15) is 19.1 Å². The second-order valence-corrected chi connectivity index (χ2v) is 7.71. The number of aliphatic hydroxyl groups is 1. The Morgan fingerprint density at radius 3 is 2.60 bits per heavy atom. The van der Waals surface area contributed by atoms with Gasteiger partial charge in [0.05, 0.1) is 17.7 Å². The Bertz CT molecular complexity index is 1130. The minimum absolute atomic E-state index is 0.165. The van der Waals surface area contributed by atoms with Crippen LogP contribution in [0.25, 0.3) is 22.0 Å². The number of benzene rings is 2. The Hall–Kier alpha value is -3.16. The molecule has 0 spiro atoms. The van der Waals surface area contributed by atoms with Gasteiger partial charge in [0.1, 0.15) is 11.5 Å². The second-order valence-electron chi connectivity index (χ2n) is 7.71. The maximum Gasteiger partial charge on any atom is 0.234 e. The van der Waals surface area contributed by atoms with Crippen LogP contribution in [0.15, 0.2) is 48.5 Å². The molecule has 2 unspecified atom stereocenters. The Morgan fingerprint density at radius 2 is 1.93 bits per heavy atom. The quantitative estimate of drug-likeness (QED) is 0.634. The molecule has 1 fully saturated rings. The summed E-state index contributed by atoms with van der Waals surface area (Å²) in [4.78, 5) is 30.1. The smallest absolute Gasteiger partial charge is 0.234 e. The van der Waals surface area contributed by atoms with Gasteiger partial charge < -0.3 is 10.8 Å². The highest BCUT2D eigenvalue weighted by Crippen LogP contribution is 2.30. The van der Waals surface area contributed by atoms with Crippen LogP contribution >= 0.6 is 0 Å². The number of nitrogens with two attached hydrogens (primary N) is 1. The van der Waals surface area contributed by atoms with Gasteiger partial charge in [0.2, 0.25) is 5.91 Å². The van der Waals surface area contributed by atoms with Crippen LogP contribution in [0.3, 0.4) is 0 Å². The van der Waals surface area contributed by atoms with E-state index < -0.39 is 18.1 Å². The van der Waals surface area contributed by atoms with Crippen molar-refractivity contribution in [2.24, 2.45) is 5.73 Å². The number of aliphatic hydroxyl groups excluding tert-OH is 1. The molecule has 1 amide bonds. The Kier molecular flexibility index (Phi) is 5.32. The average Bonchev–Trinajstić information content (AvgIpc) is 3.08. The van der Waals surface area contributed by atoms with Crippen molar-refractivity contribution in [3.63, 3.8) is 0 Å². The number of rotatable bonds is 5. The highest BCUT2D eigenvalue weighted by molar-refractivity contribution is 6.01. The van der Waals surface area contributed by atoms with E-state index in [0.29, 0.717) is 30.7 Å². The molecule has 2 aromatic carbocycles. The van der Waals surface area contributed by atoms with Crippen LogP contribution in [-0.4, -0.2) is 45.4 Å². The van der Waals surface area contributed by atoms with Gasteiger partial charge in [0, 0.05) is 25.4 Å². The van der Waals surface area contributed by atoms with Crippen molar-refractivity contribution >= 4 is 22.6 Å². The van der Waals surface area contributed by atoms with E-state index in [1.807, 2.05) is 23.1 Å². The number of β-amino-alcohol motifs (C(OH)–C–C–N with tert-alkyl or cyclic N) is 1. The molecule has 1 aliphatic rings. The van der Waals surface area contributed by atoms with Crippen LogP contribution < -0.4 is 5.73 Å². The molecule has 154 valence electrons. The molecular formula is C23H22FN3O3. The van der Waals surface area contributed by atoms with E-state index >= 15 is 0 Å². The minimum Gasteiger partial charge on any atom is -0.392 e. The second kappa shape index (κ2) is 7.93. The van der Waals surface area contributed by atoms with Crippen molar-refractivity contribution in [2.75, 3.05) is 6.54 Å². The summed E-state index contributed by atoms with van der Waals surface area (Å²) in [7, 11) is 0. The van der Waals surface area contributed by atoms with Gasteiger partial charge in [0.25, 0.3) is 0 Å². The fourth-order valence-electron chi connectivity index (χ4n) is 4.01. The van der Waals surface area contributed by atoms with Gasteiger partial charge in [-0.05, 0) is 47.4 Å². The summed E-state index contributed by atoms with van der Waals surface area (Å²) in [5.41, 5.74) is 8.91. The topological polar surface area (TPSA) is 96.5 Å². The summed E-state index contributed by atoms with van der Waals surface area (Å²) in [6, 6.07) is 13.0. The molecular weight excluding hydrogens is 385 g/mol. The van der Waals surface area contributed by atoms with Crippen molar-refractivity contribution in [1.82, 2.24) is 9.88 Å². The van der Waals surface area contributed by atoms with Crippen molar-refractivity contribution in [1.29, 1.82) is 0 Å². The summed E-state index contributed by atoms with van der Waals surface area (Å²) in [5, 5.41) is 10.8. The van der Waals surface area contributed by atoms with E-state index in [4.69, 9.17) is 5.73 Å². The lowest BCUT2D eigenvalue weighted by molar-refractivity contribution is -0.122. The zero-order chi connectivity index (χ0) is 21.4. The van der Waals surface area contributed by atoms with Gasteiger partial charge in [-0.3, -0.25) is 14.5 Å². The van der Waals surface area contributed by atoms with Crippen LogP contribution in [0.1, 0.15) is 29.4 Å². The highest BCUT2D eigenvalue weighted by atomic mass is 19.1. The molecule has 1 aliphatic heterocycles. The molecule has 1 saturated heterocycles. The molecule has 1 aromatic heterocycles. The molecule has 30 heavy (non-hydrogen) atoms. The summed E-state index contributed by atoms with van der Waals surface area (Å²) < 4.78 is 13.4. The van der Waals surface area contributed by atoms with E-state index in [1.165, 1.54) is 19.1 Å². The molecule has 0 bridgehead atoms. The molecule has 3 N–H and O–H groups in total. The fraction of sp³-hybridized carbons (Fsp3) is 0.261. The molecule has 3 aromatic rings. The van der Waals surface area contributed by atoms with E-state index in [1.54, 1.807) is 18.2 Å². The van der Waals surface area contributed by atoms with Crippen molar-refractivity contribution in [3.05, 3.63) is 65.6 Å². The summed E-state index contributed by atoms with van der Waals surface area (Å²) >= 11 is 0. The van der Waals surface area contributed by atoms with Gasteiger partial charge in [-0.1, -0.05) is 24.3 Å².